The summed E-state index contributed by atoms with van der Waals surface area (Å²) in [5, 5.41) is 8.93. The number of aliphatic carboxylic acids is 1. The molecule has 1 aromatic rings. The molecule has 1 aromatic carbocycles. The third-order valence-corrected chi connectivity index (χ3v) is 3.71. The second-order valence-corrected chi connectivity index (χ2v) is 4.91. The average molecular weight is 251 g/mol. The molecule has 0 atom stereocenters. The van der Waals surface area contributed by atoms with E-state index >= 15 is 0 Å². The van der Waals surface area contributed by atoms with Crippen LogP contribution in [-0.2, 0) is 11.3 Å². The Labute approximate surface area is 106 Å². The Morgan fingerprint density at radius 1 is 1.44 bits per heavy atom. The molecular weight excluding hydrogens is 233 g/mol. The number of carbonyl (C=O) groups is 1. The van der Waals surface area contributed by atoms with E-state index in [-0.39, 0.29) is 11.7 Å². The maximum absolute atomic E-state index is 13.4. The van der Waals surface area contributed by atoms with Crippen LogP contribution in [0.2, 0.25) is 0 Å². The molecule has 1 saturated heterocycles. The van der Waals surface area contributed by atoms with Crippen molar-refractivity contribution in [2.75, 3.05) is 13.1 Å². The molecule has 3 nitrogen and oxygen atoms in total. The zero-order valence-electron chi connectivity index (χ0n) is 10.5. The fraction of sp³-hybridized carbons (Fsp3) is 0.500. The van der Waals surface area contributed by atoms with Gasteiger partial charge in [0.25, 0.3) is 0 Å². The van der Waals surface area contributed by atoms with Crippen molar-refractivity contribution in [3.63, 3.8) is 0 Å². The molecule has 0 spiro atoms. The summed E-state index contributed by atoms with van der Waals surface area (Å²) in [4.78, 5) is 13.0. The van der Waals surface area contributed by atoms with Gasteiger partial charge in [0.2, 0.25) is 0 Å². The summed E-state index contributed by atoms with van der Waals surface area (Å²) in [6, 6.07) is 5.12. The summed E-state index contributed by atoms with van der Waals surface area (Å²) >= 11 is 0. The number of likely N-dealkylation sites (tertiary alicyclic amines) is 1. The number of carboxylic acid groups (broad SMARTS) is 1. The highest BCUT2D eigenvalue weighted by Gasteiger charge is 2.24. The minimum absolute atomic E-state index is 0.173. The normalized spacial score (nSPS) is 17.9. The Kier molecular flexibility index (Phi) is 3.97. The second-order valence-electron chi connectivity index (χ2n) is 4.91. The molecule has 0 radical (unpaired) electrons. The summed E-state index contributed by atoms with van der Waals surface area (Å²) in [6.07, 6.45) is 1.37. The molecule has 18 heavy (non-hydrogen) atoms. The van der Waals surface area contributed by atoms with Crippen LogP contribution in [0.25, 0.3) is 0 Å². The van der Waals surface area contributed by atoms with Gasteiger partial charge in [-0.3, -0.25) is 9.69 Å². The van der Waals surface area contributed by atoms with Crippen LogP contribution in [0.5, 0.6) is 0 Å². The number of benzene rings is 1. The molecule has 1 N–H and O–H groups in total. The van der Waals surface area contributed by atoms with E-state index in [1.165, 1.54) is 6.07 Å². The third-order valence-electron chi connectivity index (χ3n) is 3.71. The molecule has 0 aliphatic carbocycles. The molecule has 1 aliphatic heterocycles. The Morgan fingerprint density at radius 3 is 2.72 bits per heavy atom. The molecule has 1 fully saturated rings. The first-order valence-corrected chi connectivity index (χ1v) is 6.27. The van der Waals surface area contributed by atoms with Crippen molar-refractivity contribution >= 4 is 5.97 Å². The maximum Gasteiger partial charge on any atom is 0.306 e. The van der Waals surface area contributed by atoms with E-state index in [0.717, 1.165) is 18.7 Å². The van der Waals surface area contributed by atoms with Gasteiger partial charge >= 0.3 is 5.97 Å². The van der Waals surface area contributed by atoms with Gasteiger partial charge in [0.1, 0.15) is 5.82 Å². The number of hydrogen-bond acceptors (Lipinski definition) is 2. The molecule has 0 bridgehead atoms. The first-order chi connectivity index (χ1) is 8.58. The minimum Gasteiger partial charge on any atom is -0.481 e. The van der Waals surface area contributed by atoms with Crippen molar-refractivity contribution in [2.24, 2.45) is 5.92 Å². The van der Waals surface area contributed by atoms with Crippen LogP contribution in [0.4, 0.5) is 4.39 Å². The van der Waals surface area contributed by atoms with E-state index < -0.39 is 5.97 Å². The SMILES string of the molecule is Cc1c(F)cccc1CN1CCC(C(=O)O)CC1. The standard InChI is InChI=1S/C14H18FNO2/c1-10-12(3-2-4-13(10)15)9-16-7-5-11(6-8-16)14(17)18/h2-4,11H,5-9H2,1H3,(H,17,18). The van der Waals surface area contributed by atoms with Crippen molar-refractivity contribution in [3.05, 3.63) is 35.1 Å². The lowest BCUT2D eigenvalue weighted by molar-refractivity contribution is -0.143. The number of halogens is 1. The molecule has 2 rings (SSSR count). The van der Waals surface area contributed by atoms with E-state index in [1.807, 2.05) is 6.07 Å². The molecule has 98 valence electrons. The largest absolute Gasteiger partial charge is 0.481 e. The Morgan fingerprint density at radius 2 is 2.11 bits per heavy atom. The van der Waals surface area contributed by atoms with Crippen LogP contribution < -0.4 is 0 Å². The van der Waals surface area contributed by atoms with Gasteiger partial charge in [-0.2, -0.15) is 0 Å². The summed E-state index contributed by atoms with van der Waals surface area (Å²) < 4.78 is 13.4. The van der Waals surface area contributed by atoms with Crippen LogP contribution in [-0.4, -0.2) is 29.1 Å². The minimum atomic E-state index is -0.698. The van der Waals surface area contributed by atoms with Crippen LogP contribution in [0.1, 0.15) is 24.0 Å². The highest BCUT2D eigenvalue weighted by Crippen LogP contribution is 2.21. The first kappa shape index (κ1) is 13.0. The fourth-order valence-electron chi connectivity index (χ4n) is 2.40. The lowest BCUT2D eigenvalue weighted by Crippen LogP contribution is -2.36. The molecule has 4 heteroatoms. The first-order valence-electron chi connectivity index (χ1n) is 6.27. The highest BCUT2D eigenvalue weighted by molar-refractivity contribution is 5.70. The van der Waals surface area contributed by atoms with Gasteiger partial charge in [-0.1, -0.05) is 12.1 Å². The highest BCUT2D eigenvalue weighted by atomic mass is 19.1. The maximum atomic E-state index is 13.4. The lowest BCUT2D eigenvalue weighted by atomic mass is 9.96. The van der Waals surface area contributed by atoms with Crippen molar-refractivity contribution in [1.82, 2.24) is 4.90 Å². The van der Waals surface area contributed by atoms with Crippen molar-refractivity contribution in [3.8, 4) is 0 Å². The molecule has 0 aromatic heterocycles. The summed E-state index contributed by atoms with van der Waals surface area (Å²) in [5.41, 5.74) is 1.68. The Bertz CT molecular complexity index is 439. The van der Waals surface area contributed by atoms with Gasteiger partial charge in [0, 0.05) is 6.54 Å². The van der Waals surface area contributed by atoms with Crippen molar-refractivity contribution in [2.45, 2.75) is 26.3 Å². The predicted octanol–water partition coefficient (Wildman–Crippen LogP) is 2.43. The van der Waals surface area contributed by atoms with E-state index in [0.29, 0.717) is 24.9 Å². The van der Waals surface area contributed by atoms with Crippen LogP contribution in [0.3, 0.4) is 0 Å². The molecule has 0 saturated carbocycles. The van der Waals surface area contributed by atoms with Crippen LogP contribution in [0, 0.1) is 18.7 Å². The number of rotatable bonds is 3. The van der Waals surface area contributed by atoms with Crippen LogP contribution in [0.15, 0.2) is 18.2 Å². The van der Waals surface area contributed by atoms with Gasteiger partial charge in [0.15, 0.2) is 0 Å². The predicted molar refractivity (Wildman–Crippen MR) is 66.8 cm³/mol. The smallest absolute Gasteiger partial charge is 0.306 e. The van der Waals surface area contributed by atoms with E-state index in [1.54, 1.807) is 13.0 Å². The molecular formula is C14H18FNO2. The molecule has 1 heterocycles. The van der Waals surface area contributed by atoms with Gasteiger partial charge in [0.05, 0.1) is 5.92 Å². The monoisotopic (exact) mass is 251 g/mol. The van der Waals surface area contributed by atoms with Crippen molar-refractivity contribution < 1.29 is 14.3 Å². The molecule has 1 aliphatic rings. The third kappa shape index (κ3) is 2.88. The summed E-state index contributed by atoms with van der Waals surface area (Å²) in [6.45, 7) is 4.03. The number of hydrogen-bond donors (Lipinski definition) is 1. The Hall–Kier alpha value is -1.42. The zero-order valence-corrected chi connectivity index (χ0v) is 10.5. The van der Waals surface area contributed by atoms with Gasteiger partial charge in [-0.15, -0.1) is 0 Å². The van der Waals surface area contributed by atoms with E-state index in [4.69, 9.17) is 5.11 Å². The Balaban J connectivity index is 1.96. The van der Waals surface area contributed by atoms with Crippen LogP contribution >= 0.6 is 0 Å². The van der Waals surface area contributed by atoms with E-state index in [2.05, 4.69) is 4.90 Å². The van der Waals surface area contributed by atoms with Crippen molar-refractivity contribution in [1.29, 1.82) is 0 Å². The fourth-order valence-corrected chi connectivity index (χ4v) is 2.40. The number of nitrogens with zero attached hydrogens (tertiary/aromatic N) is 1. The van der Waals surface area contributed by atoms with Gasteiger partial charge in [-0.25, -0.2) is 4.39 Å². The lowest BCUT2D eigenvalue weighted by Gasteiger charge is -2.30. The summed E-state index contributed by atoms with van der Waals surface area (Å²) in [7, 11) is 0. The van der Waals surface area contributed by atoms with Gasteiger partial charge < -0.3 is 5.11 Å². The topological polar surface area (TPSA) is 40.5 Å². The quantitative estimate of drug-likeness (QED) is 0.897. The average Bonchev–Trinajstić information content (AvgIpc) is 2.36. The van der Waals surface area contributed by atoms with Gasteiger partial charge in [-0.05, 0) is 50.0 Å². The number of piperidine rings is 1. The summed E-state index contributed by atoms with van der Waals surface area (Å²) in [5.74, 6) is -1.08. The second kappa shape index (κ2) is 5.48. The molecule has 0 amide bonds. The van der Waals surface area contributed by atoms with E-state index in [9.17, 15) is 9.18 Å². The zero-order chi connectivity index (χ0) is 13.1. The number of carboxylic acids is 1. The molecule has 0 unspecified atom stereocenters.